The molecule has 0 bridgehead atoms. The molecule has 0 saturated heterocycles. The Morgan fingerprint density at radius 2 is 1.55 bits per heavy atom. The molecule has 0 aromatic rings. The minimum atomic E-state index is -0.187. The summed E-state index contributed by atoms with van der Waals surface area (Å²) >= 11 is 0. The first-order valence-corrected chi connectivity index (χ1v) is 1.99. The van der Waals surface area contributed by atoms with Crippen LogP contribution in [0.4, 0.5) is 0 Å². The van der Waals surface area contributed by atoms with Crippen molar-refractivity contribution in [1.82, 2.24) is 0 Å². The zero-order valence-corrected chi connectivity index (χ0v) is 9.01. The van der Waals surface area contributed by atoms with Crippen molar-refractivity contribution in [3.8, 4) is 0 Å². The minimum Gasteiger partial charge on any atom is -1.00 e. The van der Waals surface area contributed by atoms with Gasteiger partial charge in [0.1, 0.15) is 0 Å². The second-order valence-corrected chi connectivity index (χ2v) is 1.37. The minimum absolute atomic E-state index is 0. The van der Waals surface area contributed by atoms with Crippen LogP contribution in [0, 0.1) is 0 Å². The topological polar surface area (TPSA) is 71.6 Å². The van der Waals surface area contributed by atoms with Crippen molar-refractivity contribution in [3.63, 3.8) is 0 Å². The number of carbonyl (C=O) groups is 1. The molecule has 6 heteroatoms. The fourth-order valence-electron chi connectivity index (χ4n) is 0.286. The predicted molar refractivity (Wildman–Crippen MR) is 28.1 cm³/mol. The van der Waals surface area contributed by atoms with Gasteiger partial charge in [0.2, 0.25) is 0 Å². The molecule has 0 fully saturated rings. The Balaban J connectivity index is -0.0000000300. The first-order valence-electron chi connectivity index (χ1n) is 1.99. The van der Waals surface area contributed by atoms with E-state index in [9.17, 15) is 9.90 Å². The summed E-state index contributed by atoms with van der Waals surface area (Å²) in [5.74, 6) is -0.375. The van der Waals surface area contributed by atoms with Gasteiger partial charge in [-0.05, 0) is 13.0 Å². The molecule has 0 amide bonds. The zero-order chi connectivity index (χ0) is 5.86. The van der Waals surface area contributed by atoms with Crippen molar-refractivity contribution in [2.45, 2.75) is 13.8 Å². The first kappa shape index (κ1) is 30.2. The molecule has 69 valence electrons. The SMILES string of the molecule is CC(=O)C=C(C)[O-].O.[Cl-].[Cl-].[V]. The van der Waals surface area contributed by atoms with Crippen LogP contribution in [-0.4, -0.2) is 11.3 Å². The number of rotatable bonds is 1. The molecular formula is C5H9Cl2O3V-3. The average molecular weight is 239 g/mol. The molecule has 0 saturated carbocycles. The fraction of sp³-hybridized carbons (Fsp3) is 0.400. The Kier molecular flexibility index (Phi) is 45.9. The fourth-order valence-corrected chi connectivity index (χ4v) is 0.286. The van der Waals surface area contributed by atoms with Gasteiger partial charge in [-0.25, -0.2) is 0 Å². The maximum Gasteiger partial charge on any atom is 0.151 e. The molecule has 0 aliphatic carbocycles. The summed E-state index contributed by atoms with van der Waals surface area (Å²) in [6.07, 6.45) is 1.06. The smallest absolute Gasteiger partial charge is 0.151 e. The Hall–Kier alpha value is 0.334. The average Bonchev–Trinajstić information content (AvgIpc) is 1.27. The molecule has 0 unspecified atom stereocenters. The molecule has 0 rings (SSSR count). The van der Waals surface area contributed by atoms with E-state index in [0.717, 1.165) is 6.08 Å². The quantitative estimate of drug-likeness (QED) is 0.337. The number of halogens is 2. The molecule has 2 N–H and O–H groups in total. The van der Waals surface area contributed by atoms with Crippen LogP contribution in [-0.2, 0) is 23.4 Å². The van der Waals surface area contributed by atoms with Crippen molar-refractivity contribution >= 4 is 5.78 Å². The molecule has 11 heavy (non-hydrogen) atoms. The van der Waals surface area contributed by atoms with E-state index in [1.165, 1.54) is 13.8 Å². The number of hydrogen-bond acceptors (Lipinski definition) is 2. The molecule has 1 radical (unpaired) electrons. The van der Waals surface area contributed by atoms with Gasteiger partial charge >= 0.3 is 0 Å². The number of ketones is 1. The monoisotopic (exact) mass is 238 g/mol. The zero-order valence-electron chi connectivity index (χ0n) is 6.10. The van der Waals surface area contributed by atoms with E-state index in [1.807, 2.05) is 0 Å². The summed E-state index contributed by atoms with van der Waals surface area (Å²) in [5, 5.41) is 9.98. The van der Waals surface area contributed by atoms with E-state index in [1.54, 1.807) is 0 Å². The van der Waals surface area contributed by atoms with Crippen LogP contribution in [0.5, 0.6) is 0 Å². The van der Waals surface area contributed by atoms with Gasteiger partial charge in [-0.3, -0.25) is 4.79 Å². The summed E-state index contributed by atoms with van der Waals surface area (Å²) < 4.78 is 0. The second-order valence-electron chi connectivity index (χ2n) is 1.37. The maximum absolute atomic E-state index is 9.98. The van der Waals surface area contributed by atoms with E-state index < -0.39 is 0 Å². The molecule has 0 spiro atoms. The first-order chi connectivity index (χ1) is 3.13. The van der Waals surface area contributed by atoms with E-state index >= 15 is 0 Å². The van der Waals surface area contributed by atoms with E-state index in [2.05, 4.69) is 0 Å². The van der Waals surface area contributed by atoms with Crippen molar-refractivity contribution in [3.05, 3.63) is 11.8 Å². The van der Waals surface area contributed by atoms with Gasteiger partial charge in [-0.15, -0.1) is 5.76 Å². The van der Waals surface area contributed by atoms with Gasteiger partial charge in [0.25, 0.3) is 0 Å². The van der Waals surface area contributed by atoms with E-state index in [4.69, 9.17) is 0 Å². The van der Waals surface area contributed by atoms with Gasteiger partial charge in [-0.1, -0.05) is 6.92 Å². The summed E-state index contributed by atoms with van der Waals surface area (Å²) in [6, 6.07) is 0. The van der Waals surface area contributed by atoms with Gasteiger partial charge in [0, 0.05) is 18.6 Å². The maximum atomic E-state index is 9.98. The van der Waals surface area contributed by atoms with Crippen molar-refractivity contribution in [1.29, 1.82) is 0 Å². The van der Waals surface area contributed by atoms with Crippen LogP contribution < -0.4 is 29.9 Å². The normalized spacial score (nSPS) is 7.27. The van der Waals surface area contributed by atoms with Crippen molar-refractivity contribution in [2.75, 3.05) is 0 Å². The molecule has 0 aromatic carbocycles. The number of hydrogen-bond donors (Lipinski definition) is 0. The van der Waals surface area contributed by atoms with Crippen LogP contribution in [0.15, 0.2) is 11.8 Å². The Labute approximate surface area is 90.3 Å². The molecule has 0 heterocycles. The summed E-state index contributed by atoms with van der Waals surface area (Å²) in [4.78, 5) is 9.98. The van der Waals surface area contributed by atoms with Crippen LogP contribution in [0.3, 0.4) is 0 Å². The number of allylic oxidation sites excluding steroid dienone is 2. The van der Waals surface area contributed by atoms with Crippen molar-refractivity contribution in [2.24, 2.45) is 0 Å². The predicted octanol–water partition coefficient (Wildman–Crippen LogP) is -6.98. The van der Waals surface area contributed by atoms with Crippen LogP contribution in [0.25, 0.3) is 0 Å². The standard InChI is InChI=1S/C5H8O2.2ClH.H2O.V/c1-4(6)3-5(2)7;;;;/h3,6H,1-2H3;2*1H;1H2;/p-3. The third kappa shape index (κ3) is 38.2. The van der Waals surface area contributed by atoms with Gasteiger partial charge < -0.3 is 35.4 Å². The van der Waals surface area contributed by atoms with E-state index in [-0.39, 0.29) is 60.4 Å². The Bertz CT molecular complexity index is 112. The third-order valence-electron chi connectivity index (χ3n) is 0.407. The van der Waals surface area contributed by atoms with Gasteiger partial charge in [0.05, 0.1) is 0 Å². The van der Waals surface area contributed by atoms with E-state index in [0.29, 0.717) is 0 Å². The summed E-state index contributed by atoms with van der Waals surface area (Å²) in [5.41, 5.74) is 0. The Morgan fingerprint density at radius 1 is 1.27 bits per heavy atom. The molecule has 0 atom stereocenters. The molecule has 0 aliphatic heterocycles. The number of carbonyl (C=O) groups excluding carboxylic acids is 1. The van der Waals surface area contributed by atoms with Crippen LogP contribution in [0.2, 0.25) is 0 Å². The summed E-state index contributed by atoms with van der Waals surface area (Å²) in [7, 11) is 0. The summed E-state index contributed by atoms with van der Waals surface area (Å²) in [6.45, 7) is 2.70. The van der Waals surface area contributed by atoms with Crippen LogP contribution in [0.1, 0.15) is 13.8 Å². The molecular weight excluding hydrogens is 230 g/mol. The van der Waals surface area contributed by atoms with Gasteiger partial charge in [-0.2, -0.15) is 0 Å². The molecule has 0 aliphatic rings. The molecule has 0 aromatic heterocycles. The Morgan fingerprint density at radius 3 is 1.55 bits per heavy atom. The third-order valence-corrected chi connectivity index (χ3v) is 0.407. The second kappa shape index (κ2) is 16.7. The van der Waals surface area contributed by atoms with Crippen molar-refractivity contribution < 1.29 is 58.7 Å². The molecule has 3 nitrogen and oxygen atoms in total. The van der Waals surface area contributed by atoms with Gasteiger partial charge in [0.15, 0.2) is 5.78 Å². The largest absolute Gasteiger partial charge is 1.00 e. The van der Waals surface area contributed by atoms with Crippen LogP contribution >= 0.6 is 0 Å².